The Morgan fingerprint density at radius 1 is 1.40 bits per heavy atom. The van der Waals surface area contributed by atoms with Crippen LogP contribution in [0.5, 0.6) is 0 Å². The SMILES string of the molecule is O=c1nc(NS)[nH]c(=O)[nH]1. The number of hydrogen-bond acceptors (Lipinski definition) is 5. The quantitative estimate of drug-likeness (QED) is 0.385. The van der Waals surface area contributed by atoms with Gasteiger partial charge < -0.3 is 4.72 Å². The van der Waals surface area contributed by atoms with E-state index in [0.29, 0.717) is 0 Å². The van der Waals surface area contributed by atoms with Crippen molar-refractivity contribution in [1.82, 2.24) is 15.0 Å². The van der Waals surface area contributed by atoms with Gasteiger partial charge in [-0.3, -0.25) is 9.97 Å². The van der Waals surface area contributed by atoms with E-state index < -0.39 is 11.4 Å². The molecular formula is C3H4N4O2S. The van der Waals surface area contributed by atoms with Crippen LogP contribution in [0, 0.1) is 0 Å². The number of anilines is 1. The Morgan fingerprint density at radius 2 is 2.10 bits per heavy atom. The number of rotatable bonds is 1. The van der Waals surface area contributed by atoms with Crippen molar-refractivity contribution in [3.63, 3.8) is 0 Å². The van der Waals surface area contributed by atoms with Crippen molar-refractivity contribution in [2.75, 3.05) is 4.72 Å². The Balaban J connectivity index is 3.33. The summed E-state index contributed by atoms with van der Waals surface area (Å²) in [6, 6.07) is 0. The molecule has 0 unspecified atom stereocenters. The molecule has 7 heteroatoms. The van der Waals surface area contributed by atoms with E-state index in [1.54, 1.807) is 0 Å². The molecule has 0 amide bonds. The molecule has 0 saturated carbocycles. The monoisotopic (exact) mass is 160 g/mol. The van der Waals surface area contributed by atoms with Gasteiger partial charge in [-0.15, -0.1) is 0 Å². The first-order chi connectivity index (χ1) is 4.72. The molecule has 0 aliphatic heterocycles. The fraction of sp³-hybridized carbons (Fsp3) is 0. The van der Waals surface area contributed by atoms with Crippen LogP contribution in [0.1, 0.15) is 0 Å². The molecule has 0 spiro atoms. The standard InChI is InChI=1S/C3H4N4O2S/c8-2-4-1(7-10)5-3(9)6-2/h10H,(H3,4,5,6,7,8,9). The molecule has 0 aliphatic carbocycles. The van der Waals surface area contributed by atoms with Gasteiger partial charge in [0.25, 0.3) is 0 Å². The predicted octanol–water partition coefficient (Wildman–Crippen LogP) is -1.29. The van der Waals surface area contributed by atoms with Crippen LogP contribution >= 0.6 is 12.8 Å². The molecule has 0 aromatic carbocycles. The molecule has 3 N–H and O–H groups in total. The largest absolute Gasteiger partial charge is 0.352 e. The summed E-state index contributed by atoms with van der Waals surface area (Å²) in [4.78, 5) is 28.2. The Morgan fingerprint density at radius 3 is 2.60 bits per heavy atom. The van der Waals surface area contributed by atoms with Crippen molar-refractivity contribution < 1.29 is 0 Å². The van der Waals surface area contributed by atoms with Crippen LogP contribution < -0.4 is 16.1 Å². The van der Waals surface area contributed by atoms with Gasteiger partial charge in [0, 0.05) is 0 Å². The van der Waals surface area contributed by atoms with Crippen LogP contribution in [0.15, 0.2) is 9.59 Å². The average molecular weight is 160 g/mol. The molecule has 6 nitrogen and oxygen atoms in total. The highest BCUT2D eigenvalue weighted by atomic mass is 32.1. The highest BCUT2D eigenvalue weighted by Gasteiger charge is 1.92. The first-order valence-corrected chi connectivity index (χ1v) is 2.78. The second-order valence-electron chi connectivity index (χ2n) is 1.46. The maximum Gasteiger partial charge on any atom is 0.352 e. The van der Waals surface area contributed by atoms with Gasteiger partial charge in [0.2, 0.25) is 5.95 Å². The number of nitrogens with zero attached hydrogens (tertiary/aromatic N) is 1. The Hall–Kier alpha value is -1.24. The fourth-order valence-electron chi connectivity index (χ4n) is 0.446. The lowest BCUT2D eigenvalue weighted by molar-refractivity contribution is 0.948. The van der Waals surface area contributed by atoms with Gasteiger partial charge in [0.1, 0.15) is 0 Å². The highest BCUT2D eigenvalue weighted by molar-refractivity contribution is 7.81. The first-order valence-electron chi connectivity index (χ1n) is 2.33. The van der Waals surface area contributed by atoms with Gasteiger partial charge in [0.15, 0.2) is 0 Å². The van der Waals surface area contributed by atoms with Crippen molar-refractivity contribution in [3.8, 4) is 0 Å². The van der Waals surface area contributed by atoms with Gasteiger partial charge in [-0.25, -0.2) is 9.59 Å². The third kappa shape index (κ3) is 1.38. The average Bonchev–Trinajstić information content (AvgIpc) is 1.85. The van der Waals surface area contributed by atoms with Crippen LogP contribution in [0.3, 0.4) is 0 Å². The summed E-state index contributed by atoms with van der Waals surface area (Å²) >= 11 is 3.57. The molecule has 0 aliphatic rings. The molecule has 1 rings (SSSR count). The fourth-order valence-corrected chi connectivity index (χ4v) is 0.552. The number of aromatic amines is 2. The van der Waals surface area contributed by atoms with E-state index in [-0.39, 0.29) is 5.95 Å². The van der Waals surface area contributed by atoms with Crippen LogP contribution in [0.25, 0.3) is 0 Å². The summed E-state index contributed by atoms with van der Waals surface area (Å²) in [6.45, 7) is 0. The summed E-state index contributed by atoms with van der Waals surface area (Å²) in [5.41, 5.74) is -1.32. The van der Waals surface area contributed by atoms with Crippen molar-refractivity contribution in [1.29, 1.82) is 0 Å². The van der Waals surface area contributed by atoms with Crippen LogP contribution in [0.2, 0.25) is 0 Å². The van der Waals surface area contributed by atoms with Gasteiger partial charge in [-0.05, 0) is 0 Å². The molecular weight excluding hydrogens is 156 g/mol. The Labute approximate surface area is 60.3 Å². The van der Waals surface area contributed by atoms with E-state index in [4.69, 9.17) is 0 Å². The lowest BCUT2D eigenvalue weighted by Gasteiger charge is -1.91. The van der Waals surface area contributed by atoms with Gasteiger partial charge >= 0.3 is 11.4 Å². The number of H-pyrrole nitrogens is 2. The van der Waals surface area contributed by atoms with Crippen molar-refractivity contribution in [2.45, 2.75) is 0 Å². The number of aromatic nitrogens is 3. The lowest BCUT2D eigenvalue weighted by Crippen LogP contribution is -2.25. The maximum atomic E-state index is 10.4. The van der Waals surface area contributed by atoms with E-state index in [1.165, 1.54) is 0 Å². The third-order valence-electron chi connectivity index (χ3n) is 0.772. The van der Waals surface area contributed by atoms with Gasteiger partial charge in [-0.1, -0.05) is 12.8 Å². The van der Waals surface area contributed by atoms with E-state index >= 15 is 0 Å². The maximum absolute atomic E-state index is 10.4. The van der Waals surface area contributed by atoms with Crippen molar-refractivity contribution in [3.05, 3.63) is 21.0 Å². The molecule has 10 heavy (non-hydrogen) atoms. The minimum absolute atomic E-state index is 0.0251. The Bertz CT molecular complexity index is 300. The van der Waals surface area contributed by atoms with E-state index in [2.05, 4.69) is 27.5 Å². The van der Waals surface area contributed by atoms with Crippen LogP contribution in [-0.4, -0.2) is 15.0 Å². The van der Waals surface area contributed by atoms with E-state index in [0.717, 1.165) is 0 Å². The molecule has 0 saturated heterocycles. The second kappa shape index (κ2) is 2.56. The lowest BCUT2D eigenvalue weighted by atomic mass is 10.9. The van der Waals surface area contributed by atoms with E-state index in [1.807, 2.05) is 4.98 Å². The zero-order valence-electron chi connectivity index (χ0n) is 4.71. The van der Waals surface area contributed by atoms with Crippen LogP contribution in [0.4, 0.5) is 5.95 Å². The summed E-state index contributed by atoms with van der Waals surface area (Å²) in [6.07, 6.45) is 0. The summed E-state index contributed by atoms with van der Waals surface area (Å²) in [5, 5.41) is 0. The number of thiol groups is 1. The van der Waals surface area contributed by atoms with Crippen LogP contribution in [-0.2, 0) is 0 Å². The molecule has 1 aromatic rings. The number of nitrogens with one attached hydrogen (secondary N) is 3. The number of hydrogen-bond donors (Lipinski definition) is 4. The molecule has 0 fully saturated rings. The first kappa shape index (κ1) is 6.87. The van der Waals surface area contributed by atoms with Crippen molar-refractivity contribution in [2.24, 2.45) is 0 Å². The van der Waals surface area contributed by atoms with E-state index in [9.17, 15) is 9.59 Å². The van der Waals surface area contributed by atoms with Crippen molar-refractivity contribution >= 4 is 18.8 Å². The molecule has 1 heterocycles. The molecule has 54 valence electrons. The minimum Gasteiger partial charge on any atom is -0.302 e. The van der Waals surface area contributed by atoms with Gasteiger partial charge in [0.05, 0.1) is 0 Å². The zero-order valence-corrected chi connectivity index (χ0v) is 5.61. The highest BCUT2D eigenvalue weighted by Crippen LogP contribution is 1.86. The molecule has 0 radical (unpaired) electrons. The minimum atomic E-state index is -0.708. The summed E-state index contributed by atoms with van der Waals surface area (Å²) in [7, 11) is 0. The Kier molecular flexibility index (Phi) is 1.76. The second-order valence-corrected chi connectivity index (χ2v) is 1.68. The third-order valence-corrected chi connectivity index (χ3v) is 0.983. The van der Waals surface area contributed by atoms with Gasteiger partial charge in [-0.2, -0.15) is 4.98 Å². The summed E-state index contributed by atoms with van der Waals surface area (Å²) < 4.78 is 2.22. The zero-order chi connectivity index (χ0) is 7.56. The molecule has 0 bridgehead atoms. The molecule has 1 aromatic heterocycles. The molecule has 0 atom stereocenters. The smallest absolute Gasteiger partial charge is 0.302 e. The predicted molar refractivity (Wildman–Crippen MR) is 38.1 cm³/mol. The normalized spacial score (nSPS) is 9.30. The topological polar surface area (TPSA) is 90.6 Å². The summed E-state index contributed by atoms with van der Waals surface area (Å²) in [5.74, 6) is 0.0251.